The SMILES string of the molecule is O=C[C@]1(Br)C[C@H]2CCC[C@@H]1C2. The Morgan fingerprint density at radius 3 is 2.91 bits per heavy atom. The van der Waals surface area contributed by atoms with E-state index >= 15 is 0 Å². The van der Waals surface area contributed by atoms with Gasteiger partial charge in [-0.2, -0.15) is 0 Å². The van der Waals surface area contributed by atoms with E-state index in [-0.39, 0.29) is 4.32 Å². The molecule has 0 aromatic heterocycles. The van der Waals surface area contributed by atoms with Gasteiger partial charge < -0.3 is 4.79 Å². The average Bonchev–Trinajstić information content (AvgIpc) is 2.25. The molecule has 2 aliphatic rings. The van der Waals surface area contributed by atoms with Crippen molar-refractivity contribution in [1.29, 1.82) is 0 Å². The Morgan fingerprint density at radius 2 is 2.27 bits per heavy atom. The van der Waals surface area contributed by atoms with Crippen molar-refractivity contribution in [1.82, 2.24) is 0 Å². The molecule has 0 aromatic carbocycles. The van der Waals surface area contributed by atoms with Crippen LogP contribution in [-0.2, 0) is 4.79 Å². The highest BCUT2D eigenvalue weighted by atomic mass is 79.9. The molecule has 2 heteroatoms. The smallest absolute Gasteiger partial charge is 0.136 e. The van der Waals surface area contributed by atoms with Crippen LogP contribution in [0.5, 0.6) is 0 Å². The van der Waals surface area contributed by atoms with E-state index in [4.69, 9.17) is 0 Å². The van der Waals surface area contributed by atoms with Crippen LogP contribution in [0.25, 0.3) is 0 Å². The largest absolute Gasteiger partial charge is 0.302 e. The van der Waals surface area contributed by atoms with Gasteiger partial charge in [-0.05, 0) is 31.1 Å². The normalized spacial score (nSPS) is 49.2. The third-order valence-electron chi connectivity index (χ3n) is 3.26. The third-order valence-corrected chi connectivity index (χ3v) is 4.42. The molecule has 0 aromatic rings. The molecular weight excluding hydrogens is 204 g/mol. The van der Waals surface area contributed by atoms with Gasteiger partial charge in [0.15, 0.2) is 0 Å². The molecule has 2 saturated carbocycles. The van der Waals surface area contributed by atoms with E-state index < -0.39 is 0 Å². The first-order valence-electron chi connectivity index (χ1n) is 4.40. The Morgan fingerprint density at radius 1 is 1.45 bits per heavy atom. The molecular formula is C9H13BrO. The molecule has 0 radical (unpaired) electrons. The predicted octanol–water partition coefficient (Wildman–Crippen LogP) is 2.53. The number of aldehydes is 1. The fraction of sp³-hybridized carbons (Fsp3) is 0.889. The summed E-state index contributed by atoms with van der Waals surface area (Å²) in [7, 11) is 0. The highest BCUT2D eigenvalue weighted by Gasteiger charge is 2.46. The summed E-state index contributed by atoms with van der Waals surface area (Å²) in [6.07, 6.45) is 7.42. The molecule has 0 amide bonds. The third kappa shape index (κ3) is 1.16. The maximum atomic E-state index is 10.8. The standard InChI is InChI=1S/C9H13BrO/c10-9(6-11)5-7-2-1-3-8(9)4-7/h6-8H,1-5H2/t7-,8+,9+/m0/s1. The average molecular weight is 217 g/mol. The molecule has 2 fully saturated rings. The maximum absolute atomic E-state index is 10.8. The maximum Gasteiger partial charge on any atom is 0.136 e. The van der Waals surface area contributed by atoms with Gasteiger partial charge in [0, 0.05) is 0 Å². The zero-order chi connectivity index (χ0) is 7.90. The fourth-order valence-corrected chi connectivity index (χ4v) is 3.54. The van der Waals surface area contributed by atoms with Gasteiger partial charge >= 0.3 is 0 Å². The Kier molecular flexibility index (Phi) is 1.82. The number of hydrogen-bond acceptors (Lipinski definition) is 1. The van der Waals surface area contributed by atoms with Crippen molar-refractivity contribution in [3.8, 4) is 0 Å². The van der Waals surface area contributed by atoms with Crippen molar-refractivity contribution in [2.75, 3.05) is 0 Å². The van der Waals surface area contributed by atoms with Gasteiger partial charge in [0.2, 0.25) is 0 Å². The van der Waals surface area contributed by atoms with Crippen molar-refractivity contribution in [3.63, 3.8) is 0 Å². The molecule has 2 aliphatic carbocycles. The van der Waals surface area contributed by atoms with E-state index in [0.717, 1.165) is 18.6 Å². The van der Waals surface area contributed by atoms with Crippen LogP contribution in [0.2, 0.25) is 0 Å². The van der Waals surface area contributed by atoms with Crippen LogP contribution in [0.3, 0.4) is 0 Å². The minimum absolute atomic E-state index is 0.131. The lowest BCUT2D eigenvalue weighted by Crippen LogP contribution is -2.26. The van der Waals surface area contributed by atoms with Gasteiger partial charge in [0.05, 0.1) is 4.32 Å². The summed E-state index contributed by atoms with van der Waals surface area (Å²) in [4.78, 5) is 10.8. The second-order valence-electron chi connectivity index (χ2n) is 3.98. The van der Waals surface area contributed by atoms with Crippen LogP contribution in [0.15, 0.2) is 0 Å². The molecule has 0 N–H and O–H groups in total. The van der Waals surface area contributed by atoms with Crippen LogP contribution in [0, 0.1) is 11.8 Å². The van der Waals surface area contributed by atoms with Crippen LogP contribution < -0.4 is 0 Å². The topological polar surface area (TPSA) is 17.1 Å². The first-order valence-corrected chi connectivity index (χ1v) is 5.19. The zero-order valence-electron chi connectivity index (χ0n) is 6.55. The first kappa shape index (κ1) is 7.78. The number of rotatable bonds is 1. The summed E-state index contributed by atoms with van der Waals surface area (Å²) in [5.41, 5.74) is 0. The summed E-state index contributed by atoms with van der Waals surface area (Å²) >= 11 is 3.58. The molecule has 2 rings (SSSR count). The minimum Gasteiger partial charge on any atom is -0.302 e. The lowest BCUT2D eigenvalue weighted by atomic mass is 9.87. The number of carbonyl (C=O) groups excluding carboxylic acids is 1. The summed E-state index contributed by atoms with van der Waals surface area (Å²) in [6, 6.07) is 0. The lowest BCUT2D eigenvalue weighted by molar-refractivity contribution is -0.110. The van der Waals surface area contributed by atoms with Crippen molar-refractivity contribution in [2.24, 2.45) is 11.8 Å². The van der Waals surface area contributed by atoms with Crippen molar-refractivity contribution < 1.29 is 4.79 Å². The van der Waals surface area contributed by atoms with Crippen molar-refractivity contribution >= 4 is 22.2 Å². The lowest BCUT2D eigenvalue weighted by Gasteiger charge is -2.23. The van der Waals surface area contributed by atoms with Crippen molar-refractivity contribution in [2.45, 2.75) is 36.4 Å². The van der Waals surface area contributed by atoms with Gasteiger partial charge in [-0.25, -0.2) is 0 Å². The number of fused-ring (bicyclic) bond motifs is 2. The summed E-state index contributed by atoms with van der Waals surface area (Å²) < 4.78 is -0.131. The summed E-state index contributed by atoms with van der Waals surface area (Å²) in [5, 5.41) is 0. The van der Waals surface area contributed by atoms with Crippen LogP contribution in [0.1, 0.15) is 32.1 Å². The Hall–Kier alpha value is 0.150. The highest BCUT2D eigenvalue weighted by Crippen LogP contribution is 2.51. The number of carbonyl (C=O) groups is 1. The number of alkyl halides is 1. The zero-order valence-corrected chi connectivity index (χ0v) is 8.14. The van der Waals surface area contributed by atoms with Crippen molar-refractivity contribution in [3.05, 3.63) is 0 Å². The van der Waals surface area contributed by atoms with E-state index in [2.05, 4.69) is 15.9 Å². The molecule has 2 bridgehead atoms. The quantitative estimate of drug-likeness (QED) is 0.487. The number of halogens is 1. The van der Waals surface area contributed by atoms with E-state index in [1.54, 1.807) is 0 Å². The Labute approximate surface area is 75.7 Å². The van der Waals surface area contributed by atoms with Crippen LogP contribution in [-0.4, -0.2) is 10.6 Å². The first-order chi connectivity index (χ1) is 5.24. The van der Waals surface area contributed by atoms with E-state index in [1.165, 1.54) is 25.7 Å². The van der Waals surface area contributed by atoms with E-state index in [0.29, 0.717) is 5.92 Å². The molecule has 0 saturated heterocycles. The van der Waals surface area contributed by atoms with Gasteiger partial charge in [-0.1, -0.05) is 28.8 Å². The fourth-order valence-electron chi connectivity index (χ4n) is 2.67. The predicted molar refractivity (Wildman–Crippen MR) is 47.8 cm³/mol. The van der Waals surface area contributed by atoms with E-state index in [9.17, 15) is 4.79 Å². The monoisotopic (exact) mass is 216 g/mol. The highest BCUT2D eigenvalue weighted by molar-refractivity contribution is 9.10. The molecule has 0 spiro atoms. The van der Waals surface area contributed by atoms with Gasteiger partial charge in [0.1, 0.15) is 6.29 Å². The summed E-state index contributed by atoms with van der Waals surface area (Å²) in [5.74, 6) is 1.47. The van der Waals surface area contributed by atoms with Gasteiger partial charge in [-0.15, -0.1) is 0 Å². The molecule has 0 aliphatic heterocycles. The molecule has 0 unspecified atom stereocenters. The minimum atomic E-state index is -0.131. The van der Waals surface area contributed by atoms with Gasteiger partial charge in [0.25, 0.3) is 0 Å². The summed E-state index contributed by atoms with van der Waals surface area (Å²) in [6.45, 7) is 0. The van der Waals surface area contributed by atoms with Crippen LogP contribution >= 0.6 is 15.9 Å². The molecule has 62 valence electrons. The molecule has 1 nitrogen and oxygen atoms in total. The molecule has 3 atom stereocenters. The number of hydrogen-bond donors (Lipinski definition) is 0. The van der Waals surface area contributed by atoms with Crippen LogP contribution in [0.4, 0.5) is 0 Å². The second-order valence-corrected chi connectivity index (χ2v) is 5.45. The second kappa shape index (κ2) is 2.58. The Bertz CT molecular complexity index is 180. The van der Waals surface area contributed by atoms with Gasteiger partial charge in [-0.3, -0.25) is 0 Å². The molecule has 11 heavy (non-hydrogen) atoms. The molecule has 0 heterocycles. The van der Waals surface area contributed by atoms with E-state index in [1.807, 2.05) is 0 Å². The Balaban J connectivity index is 2.20.